The van der Waals surface area contributed by atoms with Gasteiger partial charge in [-0.3, -0.25) is 9.59 Å². The van der Waals surface area contributed by atoms with E-state index in [1.54, 1.807) is 30.3 Å². The number of nitrogens with zero attached hydrogens (tertiary/aromatic N) is 1. The standard InChI is InChI=1S/C20H21N3O7/c1-26-16-6-12(7-17(27-2)19(16)28-3)9-22-23-18(24)10-21-20(25)13-4-5-14-15(8-13)30-11-29-14/h4-9H,10-11H2,1-3H3,(H,21,25)(H,23,24)/b22-9-. The molecular weight excluding hydrogens is 394 g/mol. The summed E-state index contributed by atoms with van der Waals surface area (Å²) in [5, 5.41) is 6.39. The van der Waals surface area contributed by atoms with Crippen molar-refractivity contribution < 1.29 is 33.3 Å². The van der Waals surface area contributed by atoms with Gasteiger partial charge in [0, 0.05) is 11.1 Å². The van der Waals surface area contributed by atoms with Gasteiger partial charge in [0.15, 0.2) is 23.0 Å². The van der Waals surface area contributed by atoms with E-state index in [-0.39, 0.29) is 13.3 Å². The number of benzene rings is 2. The predicted molar refractivity (Wildman–Crippen MR) is 107 cm³/mol. The fourth-order valence-electron chi connectivity index (χ4n) is 2.69. The van der Waals surface area contributed by atoms with Gasteiger partial charge in [-0.05, 0) is 30.3 Å². The second-order valence-corrected chi connectivity index (χ2v) is 6.00. The summed E-state index contributed by atoms with van der Waals surface area (Å²) in [6.45, 7) is -0.132. The third-order valence-corrected chi connectivity index (χ3v) is 4.13. The molecule has 1 aliphatic heterocycles. The first kappa shape index (κ1) is 20.8. The molecule has 3 rings (SSSR count). The van der Waals surface area contributed by atoms with Crippen LogP contribution in [0.15, 0.2) is 35.4 Å². The average Bonchev–Trinajstić information content (AvgIpc) is 3.24. The summed E-state index contributed by atoms with van der Waals surface area (Å²) in [4.78, 5) is 24.1. The van der Waals surface area contributed by atoms with Crippen LogP contribution < -0.4 is 34.4 Å². The van der Waals surface area contributed by atoms with Gasteiger partial charge < -0.3 is 29.0 Å². The molecule has 2 aromatic carbocycles. The summed E-state index contributed by atoms with van der Waals surface area (Å²) in [6, 6.07) is 8.14. The van der Waals surface area contributed by atoms with Crippen LogP contribution in [0.1, 0.15) is 15.9 Å². The number of methoxy groups -OCH3 is 3. The maximum Gasteiger partial charge on any atom is 0.259 e. The Labute approximate surface area is 172 Å². The molecule has 30 heavy (non-hydrogen) atoms. The minimum absolute atomic E-state index is 0.118. The molecule has 10 nitrogen and oxygen atoms in total. The van der Waals surface area contributed by atoms with Gasteiger partial charge in [-0.1, -0.05) is 0 Å². The zero-order valence-electron chi connectivity index (χ0n) is 16.7. The second-order valence-electron chi connectivity index (χ2n) is 6.00. The lowest BCUT2D eigenvalue weighted by atomic mass is 10.2. The Morgan fingerprint density at radius 3 is 2.40 bits per heavy atom. The Balaban J connectivity index is 1.54. The van der Waals surface area contributed by atoms with Crippen LogP contribution in [0.3, 0.4) is 0 Å². The molecule has 2 aromatic rings. The van der Waals surface area contributed by atoms with Gasteiger partial charge in [0.25, 0.3) is 11.8 Å². The van der Waals surface area contributed by atoms with Crippen LogP contribution >= 0.6 is 0 Å². The molecule has 2 amide bonds. The third kappa shape index (κ3) is 4.72. The monoisotopic (exact) mass is 415 g/mol. The van der Waals surface area contributed by atoms with E-state index in [2.05, 4.69) is 15.8 Å². The van der Waals surface area contributed by atoms with E-state index in [0.717, 1.165) is 0 Å². The van der Waals surface area contributed by atoms with Crippen molar-refractivity contribution in [1.29, 1.82) is 0 Å². The van der Waals surface area contributed by atoms with Crippen LogP contribution in [0.2, 0.25) is 0 Å². The number of nitrogens with one attached hydrogen (secondary N) is 2. The Morgan fingerprint density at radius 2 is 1.73 bits per heavy atom. The number of fused-ring (bicyclic) bond motifs is 1. The average molecular weight is 415 g/mol. The second kappa shape index (κ2) is 9.50. The van der Waals surface area contributed by atoms with Gasteiger partial charge in [-0.2, -0.15) is 5.10 Å². The van der Waals surface area contributed by atoms with E-state index >= 15 is 0 Å². The lowest BCUT2D eigenvalue weighted by Crippen LogP contribution is -2.34. The quantitative estimate of drug-likeness (QED) is 0.493. The number of hydrogen-bond donors (Lipinski definition) is 2. The van der Waals surface area contributed by atoms with E-state index in [9.17, 15) is 9.59 Å². The number of hydrazone groups is 1. The molecule has 0 radical (unpaired) electrons. The van der Waals surface area contributed by atoms with Crippen molar-refractivity contribution in [3.05, 3.63) is 41.5 Å². The van der Waals surface area contributed by atoms with Crippen LogP contribution in [0.5, 0.6) is 28.7 Å². The molecule has 0 atom stereocenters. The zero-order chi connectivity index (χ0) is 21.5. The molecule has 0 bridgehead atoms. The Morgan fingerprint density at radius 1 is 1.03 bits per heavy atom. The van der Waals surface area contributed by atoms with E-state index in [1.165, 1.54) is 27.5 Å². The molecule has 2 N–H and O–H groups in total. The lowest BCUT2D eigenvalue weighted by molar-refractivity contribution is -0.120. The maximum absolute atomic E-state index is 12.2. The molecule has 0 fully saturated rings. The lowest BCUT2D eigenvalue weighted by Gasteiger charge is -2.12. The SMILES string of the molecule is COc1cc(/C=N\NC(=O)CNC(=O)c2ccc3c(c2)OCO3)cc(OC)c1OC. The molecule has 1 heterocycles. The fraction of sp³-hybridized carbons (Fsp3) is 0.250. The van der Waals surface area contributed by atoms with Gasteiger partial charge in [-0.25, -0.2) is 5.43 Å². The van der Waals surface area contributed by atoms with Crippen molar-refractivity contribution in [2.45, 2.75) is 0 Å². The van der Waals surface area contributed by atoms with Crippen LogP contribution in [-0.4, -0.2) is 52.7 Å². The van der Waals surface area contributed by atoms with E-state index in [1.807, 2.05) is 0 Å². The smallest absolute Gasteiger partial charge is 0.259 e. The molecule has 0 aromatic heterocycles. The fourth-order valence-corrected chi connectivity index (χ4v) is 2.69. The number of ether oxygens (including phenoxy) is 5. The first-order chi connectivity index (χ1) is 14.5. The number of hydrogen-bond acceptors (Lipinski definition) is 8. The third-order valence-electron chi connectivity index (χ3n) is 4.13. The maximum atomic E-state index is 12.2. The first-order valence-corrected chi connectivity index (χ1v) is 8.85. The van der Waals surface area contributed by atoms with Crippen molar-refractivity contribution in [1.82, 2.24) is 10.7 Å². The highest BCUT2D eigenvalue weighted by Crippen LogP contribution is 2.37. The van der Waals surface area contributed by atoms with Crippen molar-refractivity contribution >= 4 is 18.0 Å². The minimum Gasteiger partial charge on any atom is -0.493 e. The van der Waals surface area contributed by atoms with Crippen LogP contribution in [0.4, 0.5) is 0 Å². The minimum atomic E-state index is -0.493. The number of rotatable bonds is 8. The van der Waals surface area contributed by atoms with Crippen molar-refractivity contribution in [2.24, 2.45) is 5.10 Å². The molecule has 0 unspecified atom stereocenters. The summed E-state index contributed by atoms with van der Waals surface area (Å²) in [5.41, 5.74) is 3.32. The van der Waals surface area contributed by atoms with Crippen LogP contribution in [0, 0.1) is 0 Å². The summed E-state index contributed by atoms with van der Waals surface area (Å²) in [5.74, 6) is 1.52. The van der Waals surface area contributed by atoms with Gasteiger partial charge in [-0.15, -0.1) is 0 Å². The van der Waals surface area contributed by atoms with Crippen molar-refractivity contribution in [3.63, 3.8) is 0 Å². The highest BCUT2D eigenvalue weighted by Gasteiger charge is 2.16. The van der Waals surface area contributed by atoms with Crippen molar-refractivity contribution in [3.8, 4) is 28.7 Å². The molecule has 0 saturated heterocycles. The zero-order valence-corrected chi connectivity index (χ0v) is 16.7. The van der Waals surface area contributed by atoms with E-state index in [0.29, 0.717) is 39.9 Å². The highest BCUT2D eigenvalue weighted by atomic mass is 16.7. The molecular formula is C20H21N3O7. The van der Waals surface area contributed by atoms with E-state index < -0.39 is 11.8 Å². The molecule has 1 aliphatic rings. The molecule has 0 spiro atoms. The summed E-state index contributed by atoms with van der Waals surface area (Å²) < 4.78 is 26.2. The van der Waals surface area contributed by atoms with Crippen molar-refractivity contribution in [2.75, 3.05) is 34.7 Å². The van der Waals surface area contributed by atoms with Gasteiger partial charge in [0.2, 0.25) is 12.5 Å². The molecule has 0 saturated carbocycles. The van der Waals surface area contributed by atoms with Crippen LogP contribution in [0.25, 0.3) is 0 Å². The largest absolute Gasteiger partial charge is 0.493 e. The Kier molecular flexibility index (Phi) is 6.58. The normalized spacial score (nSPS) is 11.8. The summed E-state index contributed by atoms with van der Waals surface area (Å²) in [6.07, 6.45) is 1.42. The topological polar surface area (TPSA) is 117 Å². The van der Waals surface area contributed by atoms with Gasteiger partial charge >= 0.3 is 0 Å². The van der Waals surface area contributed by atoms with Gasteiger partial charge in [0.05, 0.1) is 34.1 Å². The highest BCUT2D eigenvalue weighted by molar-refractivity contribution is 5.97. The number of amides is 2. The molecule has 10 heteroatoms. The molecule has 158 valence electrons. The Hall–Kier alpha value is -3.95. The first-order valence-electron chi connectivity index (χ1n) is 8.85. The number of carbonyl (C=O) groups excluding carboxylic acids is 2. The van der Waals surface area contributed by atoms with Crippen LogP contribution in [-0.2, 0) is 4.79 Å². The van der Waals surface area contributed by atoms with Gasteiger partial charge in [0.1, 0.15) is 0 Å². The predicted octanol–water partition coefficient (Wildman–Crippen LogP) is 1.32. The summed E-state index contributed by atoms with van der Waals surface area (Å²) >= 11 is 0. The summed E-state index contributed by atoms with van der Waals surface area (Å²) in [7, 11) is 4.51. The number of carbonyl (C=O) groups is 2. The molecule has 0 aliphatic carbocycles. The Bertz CT molecular complexity index is 950. The van der Waals surface area contributed by atoms with E-state index in [4.69, 9.17) is 23.7 Å².